The average Bonchev–Trinajstić information content (AvgIpc) is 2.39. The molecule has 1 aliphatic heterocycles. The highest BCUT2D eigenvalue weighted by Crippen LogP contribution is 2.20. The van der Waals surface area contributed by atoms with Gasteiger partial charge < -0.3 is 15.2 Å². The number of morpholine rings is 1. The maximum absolute atomic E-state index is 5.92. The van der Waals surface area contributed by atoms with Gasteiger partial charge in [-0.25, -0.2) is 0 Å². The second kappa shape index (κ2) is 6.37. The van der Waals surface area contributed by atoms with Crippen LogP contribution in [0.15, 0.2) is 18.2 Å². The number of nitrogens with zero attached hydrogens (tertiary/aromatic N) is 1. The molecular weight excluding hydrogens is 240 g/mol. The fourth-order valence-electron chi connectivity index (χ4n) is 2.49. The zero-order valence-corrected chi connectivity index (χ0v) is 12.1. The molecule has 2 atom stereocenters. The first-order valence-corrected chi connectivity index (χ1v) is 6.83. The van der Waals surface area contributed by atoms with Gasteiger partial charge in [-0.2, -0.15) is 0 Å². The Bertz CT molecular complexity index is 421. The van der Waals surface area contributed by atoms with Crippen molar-refractivity contribution < 1.29 is 9.47 Å². The molecule has 1 heterocycles. The lowest BCUT2D eigenvalue weighted by molar-refractivity contribution is -0.0403. The van der Waals surface area contributed by atoms with E-state index in [0.717, 1.165) is 32.0 Å². The summed E-state index contributed by atoms with van der Waals surface area (Å²) in [4.78, 5) is 2.40. The van der Waals surface area contributed by atoms with Crippen LogP contribution in [0.5, 0.6) is 5.75 Å². The Morgan fingerprint density at radius 1 is 1.53 bits per heavy atom. The van der Waals surface area contributed by atoms with Crippen LogP contribution in [-0.2, 0) is 11.3 Å². The molecule has 0 amide bonds. The van der Waals surface area contributed by atoms with E-state index in [2.05, 4.69) is 24.0 Å². The van der Waals surface area contributed by atoms with E-state index in [9.17, 15) is 0 Å². The molecule has 4 nitrogen and oxygen atoms in total. The van der Waals surface area contributed by atoms with Crippen molar-refractivity contribution in [3.8, 4) is 5.75 Å². The molecule has 0 bridgehead atoms. The zero-order chi connectivity index (χ0) is 13.8. The van der Waals surface area contributed by atoms with Crippen LogP contribution in [-0.4, -0.2) is 43.9 Å². The molecule has 0 spiro atoms. The Labute approximate surface area is 115 Å². The lowest BCUT2D eigenvalue weighted by atomic mass is 10.1. The van der Waals surface area contributed by atoms with Gasteiger partial charge in [0.25, 0.3) is 0 Å². The van der Waals surface area contributed by atoms with Crippen LogP contribution in [0.4, 0.5) is 0 Å². The number of aryl methyl sites for hydroxylation is 1. The number of nitrogens with two attached hydrogens (primary N) is 1. The van der Waals surface area contributed by atoms with E-state index in [1.807, 2.05) is 13.0 Å². The average molecular weight is 264 g/mol. The first-order valence-electron chi connectivity index (χ1n) is 6.83. The fourth-order valence-corrected chi connectivity index (χ4v) is 2.49. The number of rotatable bonds is 4. The first kappa shape index (κ1) is 14.3. The summed E-state index contributed by atoms with van der Waals surface area (Å²) in [6.45, 7) is 7.66. The van der Waals surface area contributed by atoms with E-state index in [-0.39, 0.29) is 12.1 Å². The molecule has 0 radical (unpaired) electrons. The quantitative estimate of drug-likeness (QED) is 0.896. The molecule has 0 saturated carbocycles. The number of hydrogen-bond acceptors (Lipinski definition) is 4. The third-order valence-corrected chi connectivity index (χ3v) is 3.63. The Balaban J connectivity index is 1.98. The van der Waals surface area contributed by atoms with Gasteiger partial charge in [0.2, 0.25) is 0 Å². The van der Waals surface area contributed by atoms with Crippen LogP contribution in [0.25, 0.3) is 0 Å². The molecule has 0 aliphatic carbocycles. The summed E-state index contributed by atoms with van der Waals surface area (Å²) in [5.41, 5.74) is 8.40. The molecule has 1 fully saturated rings. The summed E-state index contributed by atoms with van der Waals surface area (Å²) in [5.74, 6) is 0.944. The van der Waals surface area contributed by atoms with Crippen molar-refractivity contribution in [2.75, 3.05) is 26.8 Å². The minimum atomic E-state index is 0.0837. The van der Waals surface area contributed by atoms with Gasteiger partial charge in [0.15, 0.2) is 0 Å². The van der Waals surface area contributed by atoms with Crippen molar-refractivity contribution in [2.45, 2.75) is 32.5 Å². The smallest absolute Gasteiger partial charge is 0.121 e. The summed E-state index contributed by atoms with van der Waals surface area (Å²) in [5, 5.41) is 0. The van der Waals surface area contributed by atoms with E-state index >= 15 is 0 Å². The predicted molar refractivity (Wildman–Crippen MR) is 76.4 cm³/mol. The summed E-state index contributed by atoms with van der Waals surface area (Å²) in [6.07, 6.45) is 0.146. The molecule has 1 saturated heterocycles. The molecule has 2 N–H and O–H groups in total. The van der Waals surface area contributed by atoms with Gasteiger partial charge in [0.05, 0.1) is 19.8 Å². The Morgan fingerprint density at radius 2 is 2.32 bits per heavy atom. The Kier molecular flexibility index (Phi) is 4.80. The molecule has 0 aromatic heterocycles. The largest absolute Gasteiger partial charge is 0.496 e. The Morgan fingerprint density at radius 3 is 2.95 bits per heavy atom. The monoisotopic (exact) mass is 264 g/mol. The van der Waals surface area contributed by atoms with E-state index in [1.54, 1.807) is 7.11 Å². The van der Waals surface area contributed by atoms with Crippen LogP contribution in [0.3, 0.4) is 0 Å². The van der Waals surface area contributed by atoms with Gasteiger partial charge in [-0.3, -0.25) is 4.90 Å². The summed E-state index contributed by atoms with van der Waals surface area (Å²) in [6, 6.07) is 6.44. The fraction of sp³-hybridized carbons (Fsp3) is 0.600. The molecule has 2 rings (SSSR count). The standard InChI is InChI=1S/C15H24N2O2/c1-11-8-13(4-5-14(11)18-3)9-17-6-7-19-15(10-17)12(2)16/h4-5,8,12,15H,6-7,9-10,16H2,1-3H3. The van der Waals surface area contributed by atoms with Crippen LogP contribution in [0.2, 0.25) is 0 Å². The normalized spacial score (nSPS) is 22.2. The van der Waals surface area contributed by atoms with Gasteiger partial charge in [0.1, 0.15) is 5.75 Å². The highest BCUT2D eigenvalue weighted by molar-refractivity contribution is 5.36. The number of benzene rings is 1. The van der Waals surface area contributed by atoms with Gasteiger partial charge in [0, 0.05) is 25.7 Å². The topological polar surface area (TPSA) is 47.7 Å². The maximum Gasteiger partial charge on any atom is 0.121 e. The predicted octanol–water partition coefficient (Wildman–Crippen LogP) is 1.55. The SMILES string of the molecule is COc1ccc(CN2CCOC(C(C)N)C2)cc1C. The van der Waals surface area contributed by atoms with Crippen molar-refractivity contribution in [2.24, 2.45) is 5.73 Å². The summed E-state index contributed by atoms with van der Waals surface area (Å²) < 4.78 is 11.0. The van der Waals surface area contributed by atoms with E-state index in [4.69, 9.17) is 15.2 Å². The molecule has 2 unspecified atom stereocenters. The third-order valence-electron chi connectivity index (χ3n) is 3.63. The molecule has 1 aromatic rings. The van der Waals surface area contributed by atoms with Crippen molar-refractivity contribution >= 4 is 0 Å². The van der Waals surface area contributed by atoms with Gasteiger partial charge in [-0.1, -0.05) is 12.1 Å². The van der Waals surface area contributed by atoms with Crippen LogP contribution >= 0.6 is 0 Å². The van der Waals surface area contributed by atoms with E-state index in [1.165, 1.54) is 11.1 Å². The first-order chi connectivity index (χ1) is 9.10. The van der Waals surface area contributed by atoms with Gasteiger partial charge in [-0.05, 0) is 31.0 Å². The Hall–Kier alpha value is -1.10. The molecule has 19 heavy (non-hydrogen) atoms. The lowest BCUT2D eigenvalue weighted by Crippen LogP contribution is -2.49. The van der Waals surface area contributed by atoms with Crippen molar-refractivity contribution in [1.29, 1.82) is 0 Å². The van der Waals surface area contributed by atoms with E-state index < -0.39 is 0 Å². The molecule has 4 heteroatoms. The maximum atomic E-state index is 5.92. The van der Waals surface area contributed by atoms with Gasteiger partial charge in [-0.15, -0.1) is 0 Å². The molecular formula is C15H24N2O2. The van der Waals surface area contributed by atoms with Crippen molar-refractivity contribution in [1.82, 2.24) is 4.90 Å². The van der Waals surface area contributed by atoms with Crippen LogP contribution in [0, 0.1) is 6.92 Å². The van der Waals surface area contributed by atoms with Crippen LogP contribution in [0.1, 0.15) is 18.1 Å². The van der Waals surface area contributed by atoms with Crippen LogP contribution < -0.4 is 10.5 Å². The van der Waals surface area contributed by atoms with E-state index in [0.29, 0.717) is 0 Å². The highest BCUT2D eigenvalue weighted by Gasteiger charge is 2.23. The van der Waals surface area contributed by atoms with Gasteiger partial charge >= 0.3 is 0 Å². The van der Waals surface area contributed by atoms with Crippen molar-refractivity contribution in [3.05, 3.63) is 29.3 Å². The number of hydrogen-bond donors (Lipinski definition) is 1. The zero-order valence-electron chi connectivity index (χ0n) is 12.1. The minimum absolute atomic E-state index is 0.0837. The molecule has 106 valence electrons. The minimum Gasteiger partial charge on any atom is -0.496 e. The second-order valence-electron chi connectivity index (χ2n) is 5.31. The molecule has 1 aromatic carbocycles. The number of ether oxygens (including phenoxy) is 2. The summed E-state index contributed by atoms with van der Waals surface area (Å²) >= 11 is 0. The number of methoxy groups -OCH3 is 1. The lowest BCUT2D eigenvalue weighted by Gasteiger charge is -2.34. The third kappa shape index (κ3) is 3.69. The highest BCUT2D eigenvalue weighted by atomic mass is 16.5. The summed E-state index contributed by atoms with van der Waals surface area (Å²) in [7, 11) is 1.71. The second-order valence-corrected chi connectivity index (χ2v) is 5.31. The van der Waals surface area contributed by atoms with Crippen molar-refractivity contribution in [3.63, 3.8) is 0 Å². The molecule has 1 aliphatic rings.